The highest BCUT2D eigenvalue weighted by atomic mass is 32.2. The van der Waals surface area contributed by atoms with E-state index in [0.717, 1.165) is 30.8 Å². The minimum absolute atomic E-state index is 0.00349. The fraction of sp³-hybridized carbons (Fsp3) is 0.250. The first kappa shape index (κ1) is 23.0. The molecular weight excluding hydrogens is 476 g/mol. The van der Waals surface area contributed by atoms with Gasteiger partial charge in [-0.05, 0) is 37.5 Å². The van der Waals surface area contributed by atoms with E-state index in [9.17, 15) is 17.6 Å². The average molecular weight is 498 g/mol. The van der Waals surface area contributed by atoms with Gasteiger partial charge in [0.15, 0.2) is 5.82 Å². The van der Waals surface area contributed by atoms with Gasteiger partial charge in [0.25, 0.3) is 0 Å². The standard InChI is InChI=1S/C24H21F2N5O3S/c1-2-7-35(33,34)31-19-6-5-18(25)20(21(19)26)22(32)17-12-30-24-16(17)8-14(9-29-24)15-10-27-23(28-11-15)13-3-4-13/h5-6,8-13,31H,2-4,7H2,1H3,(H,29,30). The molecule has 1 aromatic carbocycles. The lowest BCUT2D eigenvalue weighted by atomic mass is 10.0. The van der Waals surface area contributed by atoms with Gasteiger partial charge in [-0.3, -0.25) is 9.52 Å². The Morgan fingerprint density at radius 3 is 2.51 bits per heavy atom. The molecule has 0 atom stereocenters. The van der Waals surface area contributed by atoms with E-state index < -0.39 is 38.7 Å². The van der Waals surface area contributed by atoms with Crippen molar-refractivity contribution in [3.8, 4) is 11.1 Å². The van der Waals surface area contributed by atoms with Gasteiger partial charge in [-0.1, -0.05) is 6.92 Å². The van der Waals surface area contributed by atoms with Crippen LogP contribution in [0.2, 0.25) is 0 Å². The van der Waals surface area contributed by atoms with Gasteiger partial charge in [0.1, 0.15) is 17.3 Å². The first-order chi connectivity index (χ1) is 16.8. The Balaban J connectivity index is 1.52. The molecule has 0 saturated heterocycles. The van der Waals surface area contributed by atoms with Crippen molar-refractivity contribution in [3.63, 3.8) is 0 Å². The molecule has 3 aromatic heterocycles. The number of aromatic amines is 1. The normalized spacial score (nSPS) is 13.8. The number of sulfonamides is 1. The molecule has 4 aromatic rings. The quantitative estimate of drug-likeness (QED) is 0.345. The van der Waals surface area contributed by atoms with Crippen LogP contribution in [-0.4, -0.2) is 39.9 Å². The van der Waals surface area contributed by atoms with Crippen LogP contribution in [0, 0.1) is 11.6 Å². The topological polar surface area (TPSA) is 118 Å². The van der Waals surface area contributed by atoms with Crippen molar-refractivity contribution in [1.29, 1.82) is 0 Å². The Labute approximate surface area is 199 Å². The summed E-state index contributed by atoms with van der Waals surface area (Å²) in [5.74, 6) is -2.37. The van der Waals surface area contributed by atoms with Gasteiger partial charge >= 0.3 is 0 Å². The minimum Gasteiger partial charge on any atom is -0.345 e. The van der Waals surface area contributed by atoms with Gasteiger partial charge < -0.3 is 4.98 Å². The molecule has 0 unspecified atom stereocenters. The van der Waals surface area contributed by atoms with E-state index in [-0.39, 0.29) is 11.3 Å². The van der Waals surface area contributed by atoms with Crippen LogP contribution in [0.1, 0.15) is 53.8 Å². The van der Waals surface area contributed by atoms with Crippen LogP contribution in [0.4, 0.5) is 14.5 Å². The monoisotopic (exact) mass is 497 g/mol. The number of ketones is 1. The lowest BCUT2D eigenvalue weighted by molar-refractivity contribution is 0.103. The molecule has 35 heavy (non-hydrogen) atoms. The summed E-state index contributed by atoms with van der Waals surface area (Å²) in [6, 6.07) is 3.48. The minimum atomic E-state index is -3.84. The summed E-state index contributed by atoms with van der Waals surface area (Å²) >= 11 is 0. The molecule has 0 bridgehead atoms. The number of hydrogen-bond acceptors (Lipinski definition) is 6. The maximum Gasteiger partial charge on any atom is 0.232 e. The highest BCUT2D eigenvalue weighted by molar-refractivity contribution is 7.92. The number of halogens is 2. The first-order valence-corrected chi connectivity index (χ1v) is 12.7. The predicted molar refractivity (Wildman–Crippen MR) is 127 cm³/mol. The Morgan fingerprint density at radius 2 is 1.83 bits per heavy atom. The molecule has 5 rings (SSSR count). The van der Waals surface area contributed by atoms with Crippen LogP contribution < -0.4 is 4.72 Å². The molecule has 8 nitrogen and oxygen atoms in total. The molecule has 0 radical (unpaired) electrons. The molecular formula is C24H21F2N5O3S. The Bertz CT molecular complexity index is 1550. The smallest absolute Gasteiger partial charge is 0.232 e. The number of rotatable bonds is 8. The molecule has 11 heteroatoms. The molecule has 1 aliphatic carbocycles. The van der Waals surface area contributed by atoms with Crippen molar-refractivity contribution in [2.45, 2.75) is 32.1 Å². The maximum atomic E-state index is 15.2. The number of nitrogens with one attached hydrogen (secondary N) is 2. The van der Waals surface area contributed by atoms with E-state index in [2.05, 4.69) is 24.7 Å². The second-order valence-corrected chi connectivity index (χ2v) is 10.3. The van der Waals surface area contributed by atoms with Crippen molar-refractivity contribution in [2.75, 3.05) is 10.5 Å². The molecule has 1 aliphatic rings. The molecule has 2 N–H and O–H groups in total. The number of nitrogens with zero attached hydrogens (tertiary/aromatic N) is 3. The molecule has 0 spiro atoms. The Morgan fingerprint density at radius 1 is 1.11 bits per heavy atom. The number of fused-ring (bicyclic) bond motifs is 1. The third-order valence-electron chi connectivity index (χ3n) is 5.78. The van der Waals surface area contributed by atoms with Crippen molar-refractivity contribution in [3.05, 3.63) is 71.6 Å². The van der Waals surface area contributed by atoms with E-state index in [0.29, 0.717) is 34.5 Å². The van der Waals surface area contributed by atoms with E-state index in [1.54, 1.807) is 31.6 Å². The van der Waals surface area contributed by atoms with Crippen molar-refractivity contribution in [2.24, 2.45) is 0 Å². The number of anilines is 1. The highest BCUT2D eigenvalue weighted by Gasteiger charge is 2.27. The number of carbonyl (C=O) groups is 1. The zero-order valence-electron chi connectivity index (χ0n) is 18.7. The summed E-state index contributed by atoms with van der Waals surface area (Å²) in [7, 11) is -3.84. The summed E-state index contributed by atoms with van der Waals surface area (Å²) in [6.07, 6.45) is 8.75. The molecule has 1 fully saturated rings. The van der Waals surface area contributed by atoms with E-state index in [1.165, 1.54) is 6.20 Å². The number of hydrogen-bond donors (Lipinski definition) is 2. The van der Waals surface area contributed by atoms with Crippen LogP contribution in [-0.2, 0) is 10.0 Å². The summed E-state index contributed by atoms with van der Waals surface area (Å²) in [4.78, 5) is 29.2. The van der Waals surface area contributed by atoms with E-state index >= 15 is 4.39 Å². The fourth-order valence-corrected chi connectivity index (χ4v) is 4.98. The van der Waals surface area contributed by atoms with Gasteiger partial charge in [-0.25, -0.2) is 32.2 Å². The fourth-order valence-electron chi connectivity index (χ4n) is 3.85. The van der Waals surface area contributed by atoms with Crippen LogP contribution in [0.3, 0.4) is 0 Å². The predicted octanol–water partition coefficient (Wildman–Crippen LogP) is 4.56. The average Bonchev–Trinajstić information content (AvgIpc) is 3.60. The van der Waals surface area contributed by atoms with Gasteiger partial charge in [0.2, 0.25) is 15.8 Å². The molecule has 3 heterocycles. The zero-order chi connectivity index (χ0) is 24.7. The Hall–Kier alpha value is -3.73. The summed E-state index contributed by atoms with van der Waals surface area (Å²) in [5, 5.41) is 0.356. The Kier molecular flexibility index (Phi) is 5.79. The number of pyridine rings is 1. The van der Waals surface area contributed by atoms with Crippen LogP contribution >= 0.6 is 0 Å². The number of H-pyrrole nitrogens is 1. The number of carbonyl (C=O) groups excluding carboxylic acids is 1. The lowest BCUT2D eigenvalue weighted by Gasteiger charge is -2.11. The molecule has 0 amide bonds. The summed E-state index contributed by atoms with van der Waals surface area (Å²) in [5.41, 5.74) is 0.327. The number of benzene rings is 1. The van der Waals surface area contributed by atoms with Crippen molar-refractivity contribution >= 4 is 32.5 Å². The highest BCUT2D eigenvalue weighted by Crippen LogP contribution is 2.38. The van der Waals surface area contributed by atoms with Gasteiger partial charge in [0.05, 0.1) is 17.0 Å². The molecule has 1 saturated carbocycles. The first-order valence-electron chi connectivity index (χ1n) is 11.1. The molecule has 0 aliphatic heterocycles. The van der Waals surface area contributed by atoms with Crippen molar-refractivity contribution < 1.29 is 22.0 Å². The largest absolute Gasteiger partial charge is 0.345 e. The lowest BCUT2D eigenvalue weighted by Crippen LogP contribution is -2.18. The maximum absolute atomic E-state index is 15.2. The van der Waals surface area contributed by atoms with E-state index in [4.69, 9.17) is 0 Å². The summed E-state index contributed by atoms with van der Waals surface area (Å²) in [6.45, 7) is 1.65. The van der Waals surface area contributed by atoms with Crippen molar-refractivity contribution in [1.82, 2.24) is 19.9 Å². The van der Waals surface area contributed by atoms with E-state index in [1.807, 2.05) is 0 Å². The second kappa shape index (κ2) is 8.81. The van der Waals surface area contributed by atoms with Gasteiger partial charge in [-0.15, -0.1) is 0 Å². The van der Waals surface area contributed by atoms with Gasteiger partial charge in [-0.2, -0.15) is 0 Å². The van der Waals surface area contributed by atoms with Crippen LogP contribution in [0.5, 0.6) is 0 Å². The second-order valence-electron chi connectivity index (χ2n) is 8.46. The summed E-state index contributed by atoms with van der Waals surface area (Å²) < 4.78 is 56.0. The van der Waals surface area contributed by atoms with Crippen LogP contribution in [0.25, 0.3) is 22.2 Å². The SMILES string of the molecule is CCCS(=O)(=O)Nc1ccc(F)c(C(=O)c2c[nH]c3ncc(-c4cnc(C5CC5)nc4)cc23)c1F. The third kappa shape index (κ3) is 4.51. The third-order valence-corrected chi connectivity index (χ3v) is 7.26. The number of aromatic nitrogens is 4. The van der Waals surface area contributed by atoms with Gasteiger partial charge in [0, 0.05) is 52.8 Å². The molecule has 180 valence electrons. The zero-order valence-corrected chi connectivity index (χ0v) is 19.5. The van der Waals surface area contributed by atoms with Crippen LogP contribution in [0.15, 0.2) is 43.0 Å².